The van der Waals surface area contributed by atoms with E-state index >= 15 is 0 Å². The molecule has 3 fully saturated rings. The lowest BCUT2D eigenvalue weighted by Gasteiger charge is -2.38. The summed E-state index contributed by atoms with van der Waals surface area (Å²) in [6.07, 6.45) is 2.43. The molecule has 5 N–H and O–H groups in total. The highest BCUT2D eigenvalue weighted by molar-refractivity contribution is 5.97. The fraction of sp³-hybridized carbons (Fsp3) is 0.448. The van der Waals surface area contributed by atoms with Gasteiger partial charge in [-0.1, -0.05) is 60.7 Å². The second-order valence-corrected chi connectivity index (χ2v) is 10.8. The van der Waals surface area contributed by atoms with Crippen LogP contribution in [0, 0.1) is 0 Å². The van der Waals surface area contributed by atoms with E-state index in [4.69, 9.17) is 11.6 Å². The first-order valence-electron chi connectivity index (χ1n) is 13.6. The first-order chi connectivity index (χ1) is 18.8. The largest absolute Gasteiger partial charge is 0.349 e. The maximum Gasteiger partial charge on any atom is 0.261 e. The van der Waals surface area contributed by atoms with Crippen LogP contribution in [0.2, 0.25) is 0 Å². The van der Waals surface area contributed by atoms with E-state index in [1.807, 2.05) is 60.7 Å². The quantitative estimate of drug-likeness (QED) is 0.391. The van der Waals surface area contributed by atoms with Crippen molar-refractivity contribution in [2.45, 2.75) is 68.7 Å². The maximum absolute atomic E-state index is 14.0. The molecule has 2 aromatic rings. The molecule has 3 saturated heterocycles. The van der Waals surface area contributed by atoms with Crippen LogP contribution >= 0.6 is 0 Å². The fourth-order valence-electron chi connectivity index (χ4n) is 6.06. The highest BCUT2D eigenvalue weighted by Crippen LogP contribution is 2.31. The Kier molecular flexibility index (Phi) is 7.67. The van der Waals surface area contributed by atoms with Crippen molar-refractivity contribution in [1.82, 2.24) is 20.1 Å². The summed E-state index contributed by atoms with van der Waals surface area (Å²) < 4.78 is 0. The lowest BCUT2D eigenvalue weighted by molar-refractivity contribution is -0.153. The van der Waals surface area contributed by atoms with E-state index in [9.17, 15) is 19.2 Å². The van der Waals surface area contributed by atoms with E-state index in [1.54, 1.807) is 0 Å². The fourth-order valence-corrected chi connectivity index (χ4v) is 6.06. The van der Waals surface area contributed by atoms with Gasteiger partial charge in [-0.05, 0) is 43.2 Å². The van der Waals surface area contributed by atoms with E-state index in [1.165, 1.54) is 9.80 Å². The van der Waals surface area contributed by atoms with Gasteiger partial charge in [-0.15, -0.1) is 0 Å². The molecular formula is C29H36N6O4. The molecule has 0 aromatic heterocycles. The Hall–Kier alpha value is -3.76. The van der Waals surface area contributed by atoms with Crippen LogP contribution in [0.15, 0.2) is 60.7 Å². The smallest absolute Gasteiger partial charge is 0.261 e. The Morgan fingerprint density at radius 2 is 1.49 bits per heavy atom. The average molecular weight is 533 g/mol. The van der Waals surface area contributed by atoms with Crippen molar-refractivity contribution in [2.24, 2.45) is 11.6 Å². The van der Waals surface area contributed by atoms with Crippen LogP contribution in [0.4, 0.5) is 0 Å². The van der Waals surface area contributed by atoms with Crippen molar-refractivity contribution in [3.05, 3.63) is 71.8 Å². The summed E-state index contributed by atoms with van der Waals surface area (Å²) in [6.45, 7) is 0.705. The van der Waals surface area contributed by atoms with Crippen LogP contribution in [-0.4, -0.2) is 75.3 Å². The predicted octanol–water partition coefficient (Wildman–Crippen LogP) is 0.700. The highest BCUT2D eigenvalue weighted by atomic mass is 16.2. The van der Waals surface area contributed by atoms with Crippen molar-refractivity contribution in [1.29, 1.82) is 0 Å². The van der Waals surface area contributed by atoms with Crippen LogP contribution in [0.25, 0.3) is 0 Å². The second kappa shape index (κ2) is 11.2. The van der Waals surface area contributed by atoms with Crippen LogP contribution in [0.3, 0.4) is 0 Å². The van der Waals surface area contributed by atoms with E-state index in [0.29, 0.717) is 45.2 Å². The monoisotopic (exact) mass is 532 g/mol. The number of nitrogens with two attached hydrogens (primary N) is 2. The van der Waals surface area contributed by atoms with Gasteiger partial charge in [0.1, 0.15) is 12.1 Å². The zero-order valence-electron chi connectivity index (χ0n) is 22.0. The highest BCUT2D eigenvalue weighted by Gasteiger charge is 2.51. The molecule has 3 aliphatic rings. The molecule has 0 radical (unpaired) electrons. The van der Waals surface area contributed by atoms with Crippen molar-refractivity contribution in [3.8, 4) is 0 Å². The summed E-state index contributed by atoms with van der Waals surface area (Å²) >= 11 is 0. The molecule has 3 heterocycles. The van der Waals surface area contributed by atoms with E-state index in [-0.39, 0.29) is 24.7 Å². The minimum atomic E-state index is -1.55. The molecule has 10 heteroatoms. The van der Waals surface area contributed by atoms with Gasteiger partial charge in [0.15, 0.2) is 5.66 Å². The van der Waals surface area contributed by atoms with Gasteiger partial charge in [-0.25, -0.2) is 5.84 Å². The minimum Gasteiger partial charge on any atom is -0.349 e. The maximum atomic E-state index is 14.0. The average Bonchev–Trinajstić information content (AvgIpc) is 3.59. The van der Waals surface area contributed by atoms with Crippen molar-refractivity contribution in [3.63, 3.8) is 0 Å². The number of hydrazine groups is 1. The number of amides is 4. The Balaban J connectivity index is 1.53. The van der Waals surface area contributed by atoms with E-state index < -0.39 is 35.6 Å². The molecule has 0 spiro atoms. The Morgan fingerprint density at radius 3 is 2.15 bits per heavy atom. The van der Waals surface area contributed by atoms with Crippen LogP contribution in [0.1, 0.15) is 43.2 Å². The van der Waals surface area contributed by atoms with E-state index in [2.05, 4.69) is 5.32 Å². The number of carbonyl (C=O) groups is 4. The van der Waals surface area contributed by atoms with Crippen molar-refractivity contribution < 1.29 is 19.2 Å². The molecule has 2 aromatic carbocycles. The molecule has 4 amide bonds. The molecule has 10 nitrogen and oxygen atoms in total. The van der Waals surface area contributed by atoms with Crippen molar-refractivity contribution in [2.75, 3.05) is 13.1 Å². The number of benzene rings is 2. The second-order valence-electron chi connectivity index (χ2n) is 10.8. The zero-order chi connectivity index (χ0) is 27.6. The number of rotatable bonds is 4. The summed E-state index contributed by atoms with van der Waals surface area (Å²) in [6, 6.07) is 16.5. The molecule has 0 unspecified atom stereocenters. The Bertz CT molecular complexity index is 1220. The molecule has 0 saturated carbocycles. The van der Waals surface area contributed by atoms with Gasteiger partial charge in [0.25, 0.3) is 5.91 Å². The lowest BCUT2D eigenvalue weighted by Crippen LogP contribution is -2.66. The number of nitrogens with zero attached hydrogens (tertiary/aromatic N) is 3. The normalized spacial score (nSPS) is 28.4. The molecule has 3 aliphatic heterocycles. The third kappa shape index (κ3) is 5.39. The first-order valence-corrected chi connectivity index (χ1v) is 13.6. The van der Waals surface area contributed by atoms with Crippen LogP contribution in [0.5, 0.6) is 0 Å². The number of nitrogens with one attached hydrogen (secondary N) is 1. The summed E-state index contributed by atoms with van der Waals surface area (Å²) in [5.74, 6) is 4.74. The number of fused-ring (bicyclic) bond motifs is 2. The summed E-state index contributed by atoms with van der Waals surface area (Å²) in [5.41, 5.74) is 6.87. The number of hydrogen-bond donors (Lipinski definition) is 3. The third-order valence-electron chi connectivity index (χ3n) is 8.16. The van der Waals surface area contributed by atoms with Gasteiger partial charge < -0.3 is 20.9 Å². The SMILES string of the molecule is NN1C(=O)C[C@H](Cc2ccccc2)NC(=O)[C@@]2(N)CCCN2C(=O)[C@H]2CCCN2C(=O)[C@@H]1Cc1ccccc1. The topological polar surface area (TPSA) is 142 Å². The van der Waals surface area contributed by atoms with Crippen LogP contribution in [-0.2, 0) is 32.0 Å². The molecular weight excluding hydrogens is 496 g/mol. The van der Waals surface area contributed by atoms with Gasteiger partial charge in [0.05, 0.1) is 0 Å². The zero-order valence-corrected chi connectivity index (χ0v) is 22.0. The predicted molar refractivity (Wildman–Crippen MR) is 144 cm³/mol. The van der Waals surface area contributed by atoms with Gasteiger partial charge in [0, 0.05) is 32.0 Å². The Morgan fingerprint density at radius 1 is 0.846 bits per heavy atom. The van der Waals surface area contributed by atoms with Crippen LogP contribution < -0.4 is 16.9 Å². The molecule has 206 valence electrons. The molecule has 39 heavy (non-hydrogen) atoms. The lowest BCUT2D eigenvalue weighted by atomic mass is 9.99. The minimum absolute atomic E-state index is 0.122. The summed E-state index contributed by atoms with van der Waals surface area (Å²) in [7, 11) is 0. The third-order valence-corrected chi connectivity index (χ3v) is 8.16. The van der Waals surface area contributed by atoms with E-state index in [0.717, 1.165) is 16.1 Å². The van der Waals surface area contributed by atoms with Gasteiger partial charge in [0.2, 0.25) is 17.7 Å². The number of hydrogen-bond acceptors (Lipinski definition) is 6. The molecule has 0 aliphatic carbocycles. The first kappa shape index (κ1) is 26.8. The number of carbonyl (C=O) groups excluding carboxylic acids is 4. The molecule has 4 atom stereocenters. The standard InChI is InChI=1S/C29H36N6O4/c30-29-14-8-16-34(29)27(38)23-13-7-15-33(23)26(37)24(18-21-11-5-2-6-12-21)35(31)25(36)19-22(32-28(29)39)17-20-9-3-1-4-10-20/h1-6,9-12,22-24H,7-8,13-19,30-31H2,(H,32,39)/t22-,23+,24-,29+/m0/s1. The summed E-state index contributed by atoms with van der Waals surface area (Å²) in [4.78, 5) is 58.1. The van der Waals surface area contributed by atoms with Gasteiger partial charge in [-0.2, -0.15) is 0 Å². The summed E-state index contributed by atoms with van der Waals surface area (Å²) in [5, 5.41) is 3.96. The van der Waals surface area contributed by atoms with Gasteiger partial charge >= 0.3 is 0 Å². The Labute approximate surface area is 228 Å². The van der Waals surface area contributed by atoms with Crippen molar-refractivity contribution >= 4 is 23.6 Å². The molecule has 5 rings (SSSR count). The van der Waals surface area contributed by atoms with Gasteiger partial charge in [-0.3, -0.25) is 24.2 Å². The molecule has 0 bridgehead atoms.